The van der Waals surface area contributed by atoms with E-state index in [4.69, 9.17) is 44.3 Å². The van der Waals surface area contributed by atoms with Crippen LogP contribution in [0, 0.1) is 0 Å². The summed E-state index contributed by atoms with van der Waals surface area (Å²) in [5, 5.41) is 11.7. The first-order chi connectivity index (χ1) is 9.97. The molecule has 0 amide bonds. The Morgan fingerprint density at radius 3 is 2.29 bits per heavy atom. The summed E-state index contributed by atoms with van der Waals surface area (Å²) in [5.74, 6) is 0.838. The Morgan fingerprint density at radius 2 is 1.67 bits per heavy atom. The van der Waals surface area contributed by atoms with Gasteiger partial charge in [-0.05, 0) is 35.9 Å². The van der Waals surface area contributed by atoms with Gasteiger partial charge in [0, 0.05) is 15.6 Å². The van der Waals surface area contributed by atoms with E-state index in [0.29, 0.717) is 37.7 Å². The highest BCUT2D eigenvalue weighted by molar-refractivity contribution is 6.33. The van der Waals surface area contributed by atoms with E-state index in [9.17, 15) is 5.11 Å². The van der Waals surface area contributed by atoms with Crippen LogP contribution in [0.4, 0.5) is 0 Å². The van der Waals surface area contributed by atoms with Crippen LogP contribution in [0.5, 0.6) is 11.5 Å². The van der Waals surface area contributed by atoms with E-state index >= 15 is 0 Å². The Balaban J connectivity index is 2.50. The topological polar surface area (TPSA) is 38.7 Å². The molecular formula is C15H13Cl3O3. The molecule has 6 heteroatoms. The molecule has 112 valence electrons. The van der Waals surface area contributed by atoms with Gasteiger partial charge in [0.05, 0.1) is 19.2 Å². The molecule has 0 fully saturated rings. The van der Waals surface area contributed by atoms with Crippen LogP contribution < -0.4 is 9.47 Å². The molecule has 0 spiro atoms. The maximum Gasteiger partial charge on any atom is 0.179 e. The first-order valence-corrected chi connectivity index (χ1v) is 7.15. The number of benzene rings is 2. The average molecular weight is 348 g/mol. The van der Waals surface area contributed by atoms with Crippen molar-refractivity contribution in [2.24, 2.45) is 0 Å². The van der Waals surface area contributed by atoms with Crippen molar-refractivity contribution < 1.29 is 14.6 Å². The summed E-state index contributed by atoms with van der Waals surface area (Å²) in [7, 11) is 2.99. The van der Waals surface area contributed by atoms with Crippen LogP contribution >= 0.6 is 34.8 Å². The summed E-state index contributed by atoms with van der Waals surface area (Å²) in [4.78, 5) is 0. The van der Waals surface area contributed by atoms with Crippen molar-refractivity contribution in [3.05, 3.63) is 56.5 Å². The maximum atomic E-state index is 10.5. The van der Waals surface area contributed by atoms with Crippen LogP contribution in [0.1, 0.15) is 17.2 Å². The van der Waals surface area contributed by atoms with Crippen molar-refractivity contribution in [1.29, 1.82) is 0 Å². The molecule has 0 bridgehead atoms. The van der Waals surface area contributed by atoms with Crippen LogP contribution in [-0.4, -0.2) is 19.3 Å². The fourth-order valence-electron chi connectivity index (χ4n) is 2.00. The van der Waals surface area contributed by atoms with Gasteiger partial charge >= 0.3 is 0 Å². The van der Waals surface area contributed by atoms with E-state index in [2.05, 4.69) is 0 Å². The Morgan fingerprint density at radius 1 is 0.952 bits per heavy atom. The molecule has 0 aliphatic heterocycles. The van der Waals surface area contributed by atoms with E-state index in [1.807, 2.05) is 0 Å². The molecule has 0 heterocycles. The minimum atomic E-state index is -0.978. The number of hydrogen-bond acceptors (Lipinski definition) is 3. The van der Waals surface area contributed by atoms with Gasteiger partial charge in [0.2, 0.25) is 0 Å². The molecule has 0 aliphatic rings. The lowest BCUT2D eigenvalue weighted by Crippen LogP contribution is -2.02. The highest BCUT2D eigenvalue weighted by atomic mass is 35.5. The Kier molecular flexibility index (Phi) is 5.22. The standard InChI is InChI=1S/C15H13Cl3O3/c1-20-13-6-8(5-12(18)15(13)21-2)14(19)10-7-9(16)3-4-11(10)17/h3-7,14,19H,1-2H3. The van der Waals surface area contributed by atoms with E-state index in [1.165, 1.54) is 14.2 Å². The third-order valence-electron chi connectivity index (χ3n) is 3.02. The molecular weight excluding hydrogens is 335 g/mol. The summed E-state index contributed by atoms with van der Waals surface area (Å²) >= 11 is 18.2. The molecule has 1 unspecified atom stereocenters. The summed E-state index contributed by atoms with van der Waals surface area (Å²) in [6.45, 7) is 0. The van der Waals surface area contributed by atoms with E-state index in [0.717, 1.165) is 0 Å². The van der Waals surface area contributed by atoms with E-state index < -0.39 is 6.10 Å². The van der Waals surface area contributed by atoms with Crippen LogP contribution in [0.3, 0.4) is 0 Å². The van der Waals surface area contributed by atoms with Gasteiger partial charge in [-0.2, -0.15) is 0 Å². The zero-order chi connectivity index (χ0) is 15.6. The van der Waals surface area contributed by atoms with Crippen molar-refractivity contribution in [3.63, 3.8) is 0 Å². The van der Waals surface area contributed by atoms with Gasteiger partial charge in [0.15, 0.2) is 11.5 Å². The number of hydrogen-bond donors (Lipinski definition) is 1. The number of rotatable bonds is 4. The fourth-order valence-corrected chi connectivity index (χ4v) is 2.70. The van der Waals surface area contributed by atoms with Crippen molar-refractivity contribution >= 4 is 34.8 Å². The number of methoxy groups -OCH3 is 2. The molecule has 1 atom stereocenters. The summed E-state index contributed by atoms with van der Waals surface area (Å²) < 4.78 is 10.4. The normalized spacial score (nSPS) is 12.1. The molecule has 2 aromatic rings. The lowest BCUT2D eigenvalue weighted by atomic mass is 10.0. The van der Waals surface area contributed by atoms with Crippen molar-refractivity contribution in [2.75, 3.05) is 14.2 Å². The van der Waals surface area contributed by atoms with Gasteiger partial charge in [-0.3, -0.25) is 0 Å². The van der Waals surface area contributed by atoms with Gasteiger partial charge in [-0.15, -0.1) is 0 Å². The minimum Gasteiger partial charge on any atom is -0.493 e. The second-order valence-electron chi connectivity index (χ2n) is 4.31. The van der Waals surface area contributed by atoms with Crippen LogP contribution in [0.25, 0.3) is 0 Å². The molecule has 0 radical (unpaired) electrons. The molecule has 0 aromatic heterocycles. The number of ether oxygens (including phenoxy) is 2. The number of aliphatic hydroxyl groups is 1. The van der Waals surface area contributed by atoms with E-state index in [-0.39, 0.29) is 0 Å². The maximum absolute atomic E-state index is 10.5. The van der Waals surface area contributed by atoms with Crippen LogP contribution in [0.15, 0.2) is 30.3 Å². The van der Waals surface area contributed by atoms with Gasteiger partial charge in [0.1, 0.15) is 6.10 Å². The zero-order valence-corrected chi connectivity index (χ0v) is 13.6. The second kappa shape index (κ2) is 6.75. The number of halogens is 3. The van der Waals surface area contributed by atoms with Gasteiger partial charge in [0.25, 0.3) is 0 Å². The van der Waals surface area contributed by atoms with E-state index in [1.54, 1.807) is 30.3 Å². The largest absolute Gasteiger partial charge is 0.493 e. The predicted octanol–water partition coefficient (Wildman–Crippen LogP) is 4.75. The monoisotopic (exact) mass is 346 g/mol. The number of aliphatic hydroxyl groups excluding tert-OH is 1. The first kappa shape index (κ1) is 16.2. The van der Waals surface area contributed by atoms with Crippen LogP contribution in [0.2, 0.25) is 15.1 Å². The third kappa shape index (κ3) is 3.38. The quantitative estimate of drug-likeness (QED) is 0.867. The predicted molar refractivity (Wildman–Crippen MR) is 85.1 cm³/mol. The molecule has 2 aromatic carbocycles. The SMILES string of the molecule is COc1cc(C(O)c2cc(Cl)ccc2Cl)cc(Cl)c1OC. The molecule has 2 rings (SSSR count). The Hall–Kier alpha value is -1.13. The summed E-state index contributed by atoms with van der Waals surface area (Å²) in [5.41, 5.74) is 1.02. The summed E-state index contributed by atoms with van der Waals surface area (Å²) in [6, 6.07) is 8.14. The lowest BCUT2D eigenvalue weighted by molar-refractivity contribution is 0.219. The fraction of sp³-hybridized carbons (Fsp3) is 0.200. The third-order valence-corrected chi connectivity index (χ3v) is 3.88. The Bertz CT molecular complexity index is 659. The summed E-state index contributed by atoms with van der Waals surface area (Å²) in [6.07, 6.45) is -0.978. The average Bonchev–Trinajstić information content (AvgIpc) is 2.48. The first-order valence-electron chi connectivity index (χ1n) is 6.02. The molecule has 1 N–H and O–H groups in total. The van der Waals surface area contributed by atoms with Gasteiger partial charge in [-0.1, -0.05) is 34.8 Å². The molecule has 0 saturated heterocycles. The minimum absolute atomic E-state index is 0.337. The highest BCUT2D eigenvalue weighted by Crippen LogP contribution is 2.40. The van der Waals surface area contributed by atoms with Gasteiger partial charge in [-0.25, -0.2) is 0 Å². The molecule has 0 saturated carbocycles. The molecule has 3 nitrogen and oxygen atoms in total. The molecule has 0 aliphatic carbocycles. The van der Waals surface area contributed by atoms with Crippen molar-refractivity contribution in [2.45, 2.75) is 6.10 Å². The smallest absolute Gasteiger partial charge is 0.179 e. The Labute approximate surface area is 138 Å². The van der Waals surface area contributed by atoms with Gasteiger partial charge < -0.3 is 14.6 Å². The lowest BCUT2D eigenvalue weighted by Gasteiger charge is -2.17. The van der Waals surface area contributed by atoms with Crippen LogP contribution in [-0.2, 0) is 0 Å². The highest BCUT2D eigenvalue weighted by Gasteiger charge is 2.19. The van der Waals surface area contributed by atoms with Crippen molar-refractivity contribution in [3.8, 4) is 11.5 Å². The zero-order valence-electron chi connectivity index (χ0n) is 11.4. The van der Waals surface area contributed by atoms with Crippen molar-refractivity contribution in [1.82, 2.24) is 0 Å². The molecule has 21 heavy (non-hydrogen) atoms. The second-order valence-corrected chi connectivity index (χ2v) is 5.56.